The van der Waals surface area contributed by atoms with Gasteiger partial charge in [0.15, 0.2) is 6.29 Å². The highest BCUT2D eigenvalue weighted by Crippen LogP contribution is 2.33. The van der Waals surface area contributed by atoms with Crippen LogP contribution in [0.5, 0.6) is 5.88 Å². The number of hydrogen-bond donors (Lipinski definition) is 2. The Hall–Kier alpha value is -3.59. The third-order valence-electron chi connectivity index (χ3n) is 7.04. The van der Waals surface area contributed by atoms with Crippen molar-refractivity contribution in [3.8, 4) is 17.0 Å². The molecule has 2 amide bonds. The molecular weight excluding hydrogens is 460 g/mol. The molecule has 0 aliphatic carbocycles. The van der Waals surface area contributed by atoms with Gasteiger partial charge in [-0.1, -0.05) is 36.4 Å². The molecule has 36 heavy (non-hydrogen) atoms. The van der Waals surface area contributed by atoms with E-state index in [9.17, 15) is 19.8 Å². The molecule has 2 aromatic carbocycles. The quantitative estimate of drug-likeness (QED) is 0.469. The molecule has 1 fully saturated rings. The number of benzene rings is 2. The Balaban J connectivity index is 1.20. The molecule has 5 rings (SSSR count). The van der Waals surface area contributed by atoms with Crippen molar-refractivity contribution in [1.82, 2.24) is 9.88 Å². The molecule has 186 valence electrons. The zero-order valence-electron chi connectivity index (χ0n) is 19.9. The van der Waals surface area contributed by atoms with Crippen molar-refractivity contribution in [3.05, 3.63) is 83.6 Å². The molecule has 0 spiro atoms. The topological polar surface area (TPSA) is 109 Å². The standard InChI is InChI=1S/C28H28N2O6/c1-35-24-13-11-19(16-29-24)18-9-6-17(7-10-18)8-12-23-22(25(31)28(34)36-23)14-15-30-26(32)20-4-2-3-5-21(20)27(30)33/h2-7,9-11,13,16,22-23,25,28,31,34H,8,12,14-15H2,1H3/t22-,23+,25-,28+/m0/s1. The first-order valence-corrected chi connectivity index (χ1v) is 12.0. The largest absolute Gasteiger partial charge is 0.481 e. The fraction of sp³-hybridized carbons (Fsp3) is 0.321. The van der Waals surface area contributed by atoms with Gasteiger partial charge in [0.1, 0.15) is 6.10 Å². The molecule has 8 heteroatoms. The number of methoxy groups -OCH3 is 1. The number of ether oxygens (including phenoxy) is 2. The van der Waals surface area contributed by atoms with E-state index in [4.69, 9.17) is 9.47 Å². The minimum atomic E-state index is -1.29. The number of hydrogen-bond acceptors (Lipinski definition) is 7. The molecular formula is C28H28N2O6. The van der Waals surface area contributed by atoms with Crippen molar-refractivity contribution >= 4 is 11.8 Å². The molecule has 3 aromatic rings. The number of aromatic nitrogens is 1. The van der Waals surface area contributed by atoms with Crippen LogP contribution in [0.15, 0.2) is 66.9 Å². The molecule has 8 nitrogen and oxygen atoms in total. The minimum Gasteiger partial charge on any atom is -0.481 e. The highest BCUT2D eigenvalue weighted by molar-refractivity contribution is 6.21. The lowest BCUT2D eigenvalue weighted by molar-refractivity contribution is -0.127. The summed E-state index contributed by atoms with van der Waals surface area (Å²) in [7, 11) is 1.58. The minimum absolute atomic E-state index is 0.158. The van der Waals surface area contributed by atoms with Crippen LogP contribution < -0.4 is 4.74 Å². The molecule has 0 bridgehead atoms. The molecule has 2 aliphatic rings. The Morgan fingerprint density at radius 3 is 2.19 bits per heavy atom. The Morgan fingerprint density at radius 2 is 1.58 bits per heavy atom. The van der Waals surface area contributed by atoms with Crippen LogP contribution in [-0.2, 0) is 11.2 Å². The van der Waals surface area contributed by atoms with E-state index < -0.39 is 24.4 Å². The summed E-state index contributed by atoms with van der Waals surface area (Å²) in [6.07, 6.45) is 0.636. The second-order valence-corrected chi connectivity index (χ2v) is 9.14. The van der Waals surface area contributed by atoms with Gasteiger partial charge in [-0.15, -0.1) is 0 Å². The number of aliphatic hydroxyl groups is 2. The van der Waals surface area contributed by atoms with E-state index in [1.807, 2.05) is 36.4 Å². The van der Waals surface area contributed by atoms with Gasteiger partial charge < -0.3 is 19.7 Å². The summed E-state index contributed by atoms with van der Waals surface area (Å²) in [5.41, 5.74) is 3.92. The van der Waals surface area contributed by atoms with E-state index in [-0.39, 0.29) is 18.4 Å². The van der Waals surface area contributed by atoms with Crippen LogP contribution in [0.3, 0.4) is 0 Å². The zero-order chi connectivity index (χ0) is 25.2. The number of carbonyl (C=O) groups excluding carboxylic acids is 2. The van der Waals surface area contributed by atoms with Crippen molar-refractivity contribution in [2.24, 2.45) is 5.92 Å². The molecule has 3 heterocycles. The predicted molar refractivity (Wildman–Crippen MR) is 131 cm³/mol. The summed E-state index contributed by atoms with van der Waals surface area (Å²) in [6, 6.07) is 18.6. The van der Waals surface area contributed by atoms with Gasteiger partial charge in [0.2, 0.25) is 5.88 Å². The summed E-state index contributed by atoms with van der Waals surface area (Å²) in [5.74, 6) is -0.482. The Morgan fingerprint density at radius 1 is 0.917 bits per heavy atom. The summed E-state index contributed by atoms with van der Waals surface area (Å²) >= 11 is 0. The van der Waals surface area contributed by atoms with Crippen molar-refractivity contribution < 1.29 is 29.3 Å². The maximum atomic E-state index is 12.7. The summed E-state index contributed by atoms with van der Waals surface area (Å²) in [4.78, 5) is 30.8. The Labute approximate surface area is 209 Å². The molecule has 0 unspecified atom stereocenters. The predicted octanol–water partition coefficient (Wildman–Crippen LogP) is 3.07. The van der Waals surface area contributed by atoms with E-state index in [0.29, 0.717) is 36.3 Å². The third-order valence-corrected chi connectivity index (χ3v) is 7.04. The lowest BCUT2D eigenvalue weighted by Crippen LogP contribution is -2.35. The molecule has 4 atom stereocenters. The first-order chi connectivity index (χ1) is 17.5. The third kappa shape index (κ3) is 4.63. The molecule has 1 aromatic heterocycles. The van der Waals surface area contributed by atoms with Crippen molar-refractivity contribution in [3.63, 3.8) is 0 Å². The maximum Gasteiger partial charge on any atom is 0.261 e. The Kier molecular flexibility index (Phi) is 6.82. The second-order valence-electron chi connectivity index (χ2n) is 9.14. The number of aryl methyl sites for hydroxylation is 1. The molecule has 0 saturated carbocycles. The number of rotatable bonds is 8. The highest BCUT2D eigenvalue weighted by atomic mass is 16.6. The van der Waals surface area contributed by atoms with Gasteiger partial charge in [-0.3, -0.25) is 14.5 Å². The van der Waals surface area contributed by atoms with Gasteiger partial charge in [0.05, 0.1) is 24.3 Å². The number of pyridine rings is 1. The molecule has 1 saturated heterocycles. The number of aliphatic hydroxyl groups excluding tert-OH is 2. The van der Waals surface area contributed by atoms with E-state index >= 15 is 0 Å². The van der Waals surface area contributed by atoms with Crippen molar-refractivity contribution in [2.45, 2.75) is 37.8 Å². The van der Waals surface area contributed by atoms with Crippen LogP contribution in [0.4, 0.5) is 0 Å². The van der Waals surface area contributed by atoms with E-state index in [1.165, 1.54) is 4.90 Å². The van der Waals surface area contributed by atoms with Gasteiger partial charge in [0, 0.05) is 30.3 Å². The summed E-state index contributed by atoms with van der Waals surface area (Å²) < 4.78 is 10.8. The molecule has 0 radical (unpaired) electrons. The lowest BCUT2D eigenvalue weighted by atomic mass is 9.90. The van der Waals surface area contributed by atoms with Gasteiger partial charge in [-0.2, -0.15) is 0 Å². The van der Waals surface area contributed by atoms with Crippen LogP contribution in [0.1, 0.15) is 39.1 Å². The van der Waals surface area contributed by atoms with Crippen LogP contribution in [-0.4, -0.2) is 64.1 Å². The van der Waals surface area contributed by atoms with Gasteiger partial charge >= 0.3 is 0 Å². The van der Waals surface area contributed by atoms with Gasteiger partial charge in [-0.05, 0) is 48.6 Å². The van der Waals surface area contributed by atoms with E-state index in [0.717, 1.165) is 16.7 Å². The van der Waals surface area contributed by atoms with Crippen LogP contribution >= 0.6 is 0 Å². The number of fused-ring (bicyclic) bond motifs is 1. The molecule has 2 aliphatic heterocycles. The number of amides is 2. The second kappa shape index (κ2) is 10.2. The summed E-state index contributed by atoms with van der Waals surface area (Å²) in [6.45, 7) is 0.158. The van der Waals surface area contributed by atoms with Gasteiger partial charge in [-0.25, -0.2) is 4.98 Å². The van der Waals surface area contributed by atoms with E-state index in [2.05, 4.69) is 4.98 Å². The highest BCUT2D eigenvalue weighted by Gasteiger charge is 2.43. The Bertz CT molecular complexity index is 1210. The van der Waals surface area contributed by atoms with Crippen molar-refractivity contribution in [1.29, 1.82) is 0 Å². The van der Waals surface area contributed by atoms with Crippen LogP contribution in [0, 0.1) is 5.92 Å². The fourth-order valence-corrected chi connectivity index (χ4v) is 5.00. The monoisotopic (exact) mass is 488 g/mol. The average molecular weight is 489 g/mol. The van der Waals surface area contributed by atoms with Crippen LogP contribution in [0.25, 0.3) is 11.1 Å². The average Bonchev–Trinajstić information content (AvgIpc) is 3.33. The number of nitrogens with zero attached hydrogens (tertiary/aromatic N) is 2. The zero-order valence-corrected chi connectivity index (χ0v) is 19.9. The SMILES string of the molecule is COc1ccc(-c2ccc(CC[C@H]3O[C@@H](O)[C@@H](O)[C@H]3CCN3C(=O)c4ccccc4C3=O)cc2)cn1. The van der Waals surface area contributed by atoms with Crippen LogP contribution in [0.2, 0.25) is 0 Å². The first kappa shape index (κ1) is 24.1. The number of imide groups is 1. The maximum absolute atomic E-state index is 12.7. The summed E-state index contributed by atoms with van der Waals surface area (Å²) in [5, 5.41) is 20.7. The first-order valence-electron chi connectivity index (χ1n) is 12.0. The normalized spacial score (nSPS) is 23.2. The van der Waals surface area contributed by atoms with Crippen molar-refractivity contribution in [2.75, 3.05) is 13.7 Å². The molecule has 2 N–H and O–H groups in total. The van der Waals surface area contributed by atoms with Gasteiger partial charge in [0.25, 0.3) is 11.8 Å². The van der Waals surface area contributed by atoms with E-state index in [1.54, 1.807) is 37.6 Å². The lowest BCUT2D eigenvalue weighted by Gasteiger charge is -2.22. The fourth-order valence-electron chi connectivity index (χ4n) is 5.00. The number of carbonyl (C=O) groups is 2. The smallest absolute Gasteiger partial charge is 0.261 e.